The van der Waals surface area contributed by atoms with Crippen LogP contribution in [-0.2, 0) is 43.9 Å². The number of para-hydroxylation sites is 1. The minimum atomic E-state index is -4.46. The minimum absolute atomic E-state index is 0.0525. The third-order valence-corrected chi connectivity index (χ3v) is 20.1. The van der Waals surface area contributed by atoms with Crippen LogP contribution in [0.25, 0.3) is 21.3 Å². The normalized spacial score (nSPS) is 18.3. The van der Waals surface area contributed by atoms with Gasteiger partial charge >= 0.3 is 0 Å². The molecule has 0 bridgehead atoms. The molecule has 3 fully saturated rings. The van der Waals surface area contributed by atoms with Crippen molar-refractivity contribution >= 4 is 77.7 Å². The largest absolute Gasteiger partial charge is 0.391 e. The number of β-amino-alcohol motifs (C(OH)–C–C–N with tert-alkyl or cyclic N) is 1. The number of piperidine rings is 1. The summed E-state index contributed by atoms with van der Waals surface area (Å²) in [4.78, 5) is 85.7. The molecule has 4 aromatic carbocycles. The number of amides is 5. The molecule has 4 aliphatic rings. The van der Waals surface area contributed by atoms with Crippen LogP contribution in [0.1, 0.15) is 134 Å². The molecule has 21 heteroatoms. The fourth-order valence-corrected chi connectivity index (χ4v) is 14.5. The number of aromatic nitrogens is 4. The van der Waals surface area contributed by atoms with E-state index in [1.807, 2.05) is 98.8 Å². The van der Waals surface area contributed by atoms with Gasteiger partial charge in [-0.2, -0.15) is 5.10 Å². The van der Waals surface area contributed by atoms with Crippen molar-refractivity contribution < 1.29 is 37.5 Å². The number of carbonyl (C=O) groups excluding carboxylic acids is 5. The Balaban J connectivity index is 0.759. The average molecular weight is 1230 g/mol. The first-order valence-corrected chi connectivity index (χ1v) is 32.7. The van der Waals surface area contributed by atoms with E-state index >= 15 is 0 Å². The highest BCUT2D eigenvalue weighted by Gasteiger charge is 2.45. The molecule has 4 atom stereocenters. The third kappa shape index (κ3) is 13.3. The third-order valence-electron chi connectivity index (χ3n) is 17.8. The van der Waals surface area contributed by atoms with E-state index < -0.39 is 63.3 Å². The number of nitrogens with one attached hydrogen (secondary N) is 4. The van der Waals surface area contributed by atoms with Gasteiger partial charge in [-0.1, -0.05) is 93.7 Å². The number of thiazole rings is 1. The van der Waals surface area contributed by atoms with Gasteiger partial charge in [-0.25, -0.2) is 23.1 Å². The lowest BCUT2D eigenvalue weighted by Crippen LogP contribution is -2.59. The van der Waals surface area contributed by atoms with Crippen molar-refractivity contribution in [1.29, 1.82) is 0 Å². The van der Waals surface area contributed by atoms with Gasteiger partial charge in [0.15, 0.2) is 5.13 Å². The number of rotatable bonds is 16. The number of hydrogen-bond acceptors (Lipinski definition) is 14. The van der Waals surface area contributed by atoms with Crippen molar-refractivity contribution in [2.24, 2.45) is 17.3 Å². The summed E-state index contributed by atoms with van der Waals surface area (Å²) < 4.78 is 33.8. The van der Waals surface area contributed by atoms with E-state index in [0.29, 0.717) is 84.6 Å². The van der Waals surface area contributed by atoms with E-state index in [9.17, 15) is 37.5 Å². The van der Waals surface area contributed by atoms with Crippen molar-refractivity contribution in [3.05, 3.63) is 149 Å². The topological polar surface area (TPSA) is 241 Å². The summed E-state index contributed by atoms with van der Waals surface area (Å²) in [5.74, 6) is 0.704. The molecule has 6 heterocycles. The van der Waals surface area contributed by atoms with E-state index in [1.165, 1.54) is 47.6 Å². The zero-order valence-corrected chi connectivity index (χ0v) is 51.9. The molecule has 0 radical (unpaired) electrons. The number of anilines is 3. The Labute approximate surface area is 517 Å². The van der Waals surface area contributed by atoms with Crippen molar-refractivity contribution in [2.45, 2.75) is 135 Å². The molecule has 19 nitrogen and oxygen atoms in total. The van der Waals surface area contributed by atoms with Gasteiger partial charge in [0.2, 0.25) is 17.7 Å². The Kier molecular flexibility index (Phi) is 17.9. The molecule has 2 saturated heterocycles. The summed E-state index contributed by atoms with van der Waals surface area (Å²) in [7, 11) is -4.46. The highest BCUT2D eigenvalue weighted by Crippen LogP contribution is 2.35. The molecule has 3 aromatic heterocycles. The zero-order chi connectivity index (χ0) is 62.0. The van der Waals surface area contributed by atoms with Gasteiger partial charge in [0.1, 0.15) is 23.6 Å². The van der Waals surface area contributed by atoms with Crippen LogP contribution in [0.2, 0.25) is 0 Å². The first kappa shape index (κ1) is 61.2. The lowest BCUT2D eigenvalue weighted by atomic mass is 9.84. The summed E-state index contributed by atoms with van der Waals surface area (Å²) in [5, 5.41) is 25.0. The molecule has 5 N–H and O–H groups in total. The minimum Gasteiger partial charge on any atom is -0.391 e. The van der Waals surface area contributed by atoms with Crippen LogP contribution in [0.4, 0.5) is 16.6 Å². The summed E-state index contributed by atoms with van der Waals surface area (Å²) in [6.45, 7) is 11.8. The Morgan fingerprint density at radius 1 is 0.807 bits per heavy atom. The van der Waals surface area contributed by atoms with Crippen molar-refractivity contribution in [3.8, 4) is 23.5 Å². The molecule has 0 unspecified atom stereocenters. The number of aliphatic hydroxyl groups is 1. The molecule has 0 spiro atoms. The van der Waals surface area contributed by atoms with Crippen LogP contribution >= 0.6 is 11.3 Å². The van der Waals surface area contributed by atoms with Crippen LogP contribution in [0, 0.1) is 36.5 Å². The van der Waals surface area contributed by atoms with Gasteiger partial charge in [0, 0.05) is 85.2 Å². The SMILES string of the molecule is C#Cc1ccc([C@H](C)NC(=O)[C@@H]2C[C@@H](O)CN2C(=O)[C@@H](NC(=O)C2CCN(c3ccc(S(=O)(=O)NC(=O)c4nc(N5CCc6cccc(C(=O)Nc7nc8ccccc8s7)c6C5)ccc4-c4cnn(CC5CCCCC5)c4C)cc3)CC2)C(C)(C)C)cc1. The van der Waals surface area contributed by atoms with Gasteiger partial charge in [-0.05, 0) is 141 Å². The number of pyridine rings is 1. The second kappa shape index (κ2) is 25.7. The molecule has 1 saturated carbocycles. The number of carbonyl (C=O) groups is 5. The number of benzene rings is 4. The lowest BCUT2D eigenvalue weighted by molar-refractivity contribution is -0.144. The predicted molar refractivity (Wildman–Crippen MR) is 340 cm³/mol. The fraction of sp³-hybridized carbons (Fsp3) is 0.403. The maximum atomic E-state index is 14.7. The van der Waals surface area contributed by atoms with Gasteiger partial charge in [0.05, 0.1) is 33.5 Å². The summed E-state index contributed by atoms with van der Waals surface area (Å²) in [5.41, 5.74) is 6.48. The Hall–Kier alpha value is -8.45. The maximum Gasteiger partial charge on any atom is 0.284 e. The molecule has 458 valence electrons. The first-order chi connectivity index (χ1) is 42.2. The van der Waals surface area contributed by atoms with Crippen LogP contribution in [0.5, 0.6) is 0 Å². The monoisotopic (exact) mass is 1230 g/mol. The van der Waals surface area contributed by atoms with Crippen molar-refractivity contribution in [1.82, 2.24) is 40.0 Å². The summed E-state index contributed by atoms with van der Waals surface area (Å²) in [6.07, 6.45) is 13.7. The smallest absolute Gasteiger partial charge is 0.284 e. The van der Waals surface area contributed by atoms with E-state index in [1.54, 1.807) is 42.6 Å². The summed E-state index contributed by atoms with van der Waals surface area (Å²) >= 11 is 1.40. The Bertz CT molecular complexity index is 3900. The molecule has 3 aliphatic heterocycles. The standard InChI is InChI=1S/C67H75N11O8S2/c1-7-43-20-22-45(23-21-43)41(2)69-63(82)56-36-49(79)39-77(56)65(84)60(67(4,5)6)72-61(80)47-31-33-75(34-32-47)48-24-26-50(27-25-48)88(85,86)74-64(83)59-51(53-37-68-78(42(53)3)38-44-14-9-8-10-15-44)28-29-58(71-59)76-35-30-46-16-13-17-52(54(46)40-76)62(81)73-66-70-55-18-11-12-19-57(55)87-66/h1,11-13,16-29,37,41,44,47,49,56,60,79H,8-10,14-15,30-36,38-40H2,2-6H3,(H,69,82)(H,72,80)(H,74,83)(H,70,73,81)/t41-,49+,56-,60+/m0/s1. The molecular formula is C67H75N11O8S2. The highest BCUT2D eigenvalue weighted by atomic mass is 32.2. The molecule has 7 aromatic rings. The van der Waals surface area contributed by atoms with E-state index in [0.717, 1.165) is 57.7 Å². The molecular weight excluding hydrogens is 1150 g/mol. The maximum absolute atomic E-state index is 14.7. The number of aliphatic hydroxyl groups excluding tert-OH is 1. The second-order valence-electron chi connectivity index (χ2n) is 24.8. The first-order valence-electron chi connectivity index (χ1n) is 30.4. The van der Waals surface area contributed by atoms with Crippen LogP contribution < -0.4 is 30.5 Å². The van der Waals surface area contributed by atoms with Crippen LogP contribution in [0.15, 0.2) is 114 Å². The molecule has 1 aliphatic carbocycles. The van der Waals surface area contributed by atoms with Gasteiger partial charge in [0.25, 0.3) is 21.8 Å². The molecule has 5 amide bonds. The fourth-order valence-electron chi connectivity index (χ4n) is 12.7. The number of fused-ring (bicyclic) bond motifs is 2. The van der Waals surface area contributed by atoms with Crippen molar-refractivity contribution in [2.75, 3.05) is 41.3 Å². The van der Waals surface area contributed by atoms with Crippen LogP contribution in [-0.4, -0.2) is 112 Å². The molecule has 11 rings (SSSR count). The quantitative estimate of drug-likeness (QED) is 0.0569. The Morgan fingerprint density at radius 3 is 2.26 bits per heavy atom. The molecule has 88 heavy (non-hydrogen) atoms. The van der Waals surface area contributed by atoms with Crippen LogP contribution in [0.3, 0.4) is 0 Å². The highest BCUT2D eigenvalue weighted by molar-refractivity contribution is 7.90. The van der Waals surface area contributed by atoms with Gasteiger partial charge in [-0.3, -0.25) is 34.0 Å². The van der Waals surface area contributed by atoms with Crippen molar-refractivity contribution in [3.63, 3.8) is 0 Å². The van der Waals surface area contributed by atoms with Gasteiger partial charge in [-0.15, -0.1) is 6.42 Å². The summed E-state index contributed by atoms with van der Waals surface area (Å²) in [6, 6.07) is 28.2. The van der Waals surface area contributed by atoms with E-state index in [2.05, 4.69) is 36.5 Å². The number of terminal acetylenes is 1. The lowest BCUT2D eigenvalue weighted by Gasteiger charge is -2.38. The van der Waals surface area contributed by atoms with Gasteiger partial charge < -0.3 is 30.4 Å². The predicted octanol–water partition coefficient (Wildman–Crippen LogP) is 8.95. The van der Waals surface area contributed by atoms with E-state index in [-0.39, 0.29) is 35.4 Å². The number of sulfonamides is 1. The Morgan fingerprint density at radius 2 is 1.55 bits per heavy atom. The number of nitrogens with zero attached hydrogens (tertiary/aromatic N) is 7. The van der Waals surface area contributed by atoms with E-state index in [4.69, 9.17) is 16.5 Å². The average Bonchev–Trinajstić information content (AvgIpc) is 1.59. The zero-order valence-electron chi connectivity index (χ0n) is 50.3. The number of likely N-dealkylation sites (tertiary alicyclic amines) is 1. The number of hydrogen-bond donors (Lipinski definition) is 5. The second-order valence-corrected chi connectivity index (χ2v) is 27.6.